The van der Waals surface area contributed by atoms with E-state index in [0.29, 0.717) is 13.1 Å². The second-order valence-corrected chi connectivity index (χ2v) is 8.74. The van der Waals surface area contributed by atoms with Gasteiger partial charge in [0, 0.05) is 17.8 Å². The normalized spacial score (nSPS) is 12.7. The summed E-state index contributed by atoms with van der Waals surface area (Å²) in [6, 6.07) is 5.03. The Bertz CT molecular complexity index is 559. The van der Waals surface area contributed by atoms with Gasteiger partial charge in [-0.15, -0.1) is 0 Å². The molecule has 20 heavy (non-hydrogen) atoms. The third kappa shape index (κ3) is 4.93. The second-order valence-electron chi connectivity index (χ2n) is 5.08. The van der Waals surface area contributed by atoms with Gasteiger partial charge in [0.1, 0.15) is 4.90 Å². The Labute approximate surface area is 130 Å². The maximum Gasteiger partial charge on any atom is 0.242 e. The van der Waals surface area contributed by atoms with Gasteiger partial charge in [-0.3, -0.25) is 0 Å². The van der Waals surface area contributed by atoms with Crippen LogP contribution in [0.4, 0.5) is 0 Å². The molecule has 0 saturated heterocycles. The molecule has 0 fully saturated rings. The van der Waals surface area contributed by atoms with Gasteiger partial charge in [-0.05, 0) is 44.8 Å². The Morgan fingerprint density at radius 1 is 1.35 bits per heavy atom. The number of halogens is 1. The summed E-state index contributed by atoms with van der Waals surface area (Å²) < 4.78 is 27.2. The van der Waals surface area contributed by atoms with Gasteiger partial charge in [-0.2, -0.15) is 11.8 Å². The molecule has 0 aliphatic heterocycles. The van der Waals surface area contributed by atoms with E-state index in [4.69, 9.17) is 11.6 Å². The molecule has 0 aliphatic carbocycles. The maximum atomic E-state index is 12.3. The minimum absolute atomic E-state index is 0.129. The van der Waals surface area contributed by atoms with Gasteiger partial charge in [0.15, 0.2) is 0 Å². The first-order valence-electron chi connectivity index (χ1n) is 6.20. The molecule has 0 aliphatic rings. The lowest BCUT2D eigenvalue weighted by molar-refractivity contribution is 0.570. The summed E-state index contributed by atoms with van der Waals surface area (Å²) >= 11 is 7.63. The molecular weight excluding hydrogens is 316 g/mol. The van der Waals surface area contributed by atoms with E-state index in [1.807, 2.05) is 33.2 Å². The molecule has 1 aromatic carbocycles. The van der Waals surface area contributed by atoms with Crippen molar-refractivity contribution in [1.29, 1.82) is 0 Å². The Balaban J connectivity index is 3.00. The van der Waals surface area contributed by atoms with Crippen LogP contribution in [0.5, 0.6) is 0 Å². The molecule has 1 rings (SSSR count). The van der Waals surface area contributed by atoms with Gasteiger partial charge in [0.05, 0.1) is 5.02 Å². The molecule has 0 aromatic heterocycles. The third-order valence-corrected chi connectivity index (χ3v) is 6.04. The van der Waals surface area contributed by atoms with E-state index in [9.17, 15) is 8.42 Å². The number of nitrogens with one attached hydrogen (secondary N) is 2. The zero-order chi connectivity index (χ0) is 15.4. The van der Waals surface area contributed by atoms with Crippen molar-refractivity contribution in [2.45, 2.75) is 30.0 Å². The average Bonchev–Trinajstić information content (AvgIpc) is 2.39. The van der Waals surface area contributed by atoms with E-state index < -0.39 is 10.0 Å². The lowest BCUT2D eigenvalue weighted by Crippen LogP contribution is -2.36. The molecule has 114 valence electrons. The Morgan fingerprint density at radius 3 is 2.55 bits per heavy atom. The molecule has 4 nitrogen and oxygen atoms in total. The maximum absolute atomic E-state index is 12.3. The molecule has 0 heterocycles. The second kappa shape index (κ2) is 7.13. The summed E-state index contributed by atoms with van der Waals surface area (Å²) in [5.74, 6) is 0. The molecule has 0 radical (unpaired) electrons. The van der Waals surface area contributed by atoms with Crippen molar-refractivity contribution in [3.8, 4) is 0 Å². The van der Waals surface area contributed by atoms with Crippen molar-refractivity contribution >= 4 is 33.4 Å². The molecule has 1 aromatic rings. The Morgan fingerprint density at radius 2 is 2.00 bits per heavy atom. The minimum Gasteiger partial charge on any atom is -0.316 e. The molecule has 0 saturated carbocycles. The van der Waals surface area contributed by atoms with Gasteiger partial charge in [-0.25, -0.2) is 13.1 Å². The van der Waals surface area contributed by atoms with Gasteiger partial charge in [0.2, 0.25) is 10.0 Å². The van der Waals surface area contributed by atoms with Crippen molar-refractivity contribution < 1.29 is 8.42 Å². The molecule has 0 bridgehead atoms. The predicted molar refractivity (Wildman–Crippen MR) is 87.0 cm³/mol. The summed E-state index contributed by atoms with van der Waals surface area (Å²) in [5.41, 5.74) is 0.876. The number of benzene rings is 1. The standard InChI is InChI=1S/C13H21ClN2O2S2/c1-13(2,19-4)9-16-20(17,18)12-7-10(8-15-3)5-6-11(12)14/h5-7,15-16H,8-9H2,1-4H3. The first-order valence-corrected chi connectivity index (χ1v) is 9.28. The quantitative estimate of drug-likeness (QED) is 0.803. The van der Waals surface area contributed by atoms with E-state index >= 15 is 0 Å². The summed E-state index contributed by atoms with van der Waals surface area (Å²) in [5, 5.41) is 3.22. The fraction of sp³-hybridized carbons (Fsp3) is 0.538. The molecule has 0 atom stereocenters. The number of thioether (sulfide) groups is 1. The van der Waals surface area contributed by atoms with Gasteiger partial charge in [0.25, 0.3) is 0 Å². The van der Waals surface area contributed by atoms with E-state index in [2.05, 4.69) is 10.0 Å². The summed E-state index contributed by atoms with van der Waals surface area (Å²) in [6.07, 6.45) is 1.95. The van der Waals surface area contributed by atoms with Crippen molar-refractivity contribution in [2.24, 2.45) is 0 Å². The number of hydrogen-bond acceptors (Lipinski definition) is 4. The number of sulfonamides is 1. The monoisotopic (exact) mass is 336 g/mol. The smallest absolute Gasteiger partial charge is 0.242 e. The molecule has 0 spiro atoms. The summed E-state index contributed by atoms with van der Waals surface area (Å²) in [7, 11) is -1.79. The van der Waals surface area contributed by atoms with Crippen LogP contribution >= 0.6 is 23.4 Å². The van der Waals surface area contributed by atoms with Gasteiger partial charge < -0.3 is 5.32 Å². The number of rotatable bonds is 7. The zero-order valence-corrected chi connectivity index (χ0v) is 14.5. The summed E-state index contributed by atoms with van der Waals surface area (Å²) in [6.45, 7) is 4.91. The third-order valence-electron chi connectivity index (χ3n) is 2.91. The van der Waals surface area contributed by atoms with Crippen LogP contribution in [0.15, 0.2) is 23.1 Å². The van der Waals surface area contributed by atoms with Crippen LogP contribution in [0.3, 0.4) is 0 Å². The highest BCUT2D eigenvalue weighted by atomic mass is 35.5. The van der Waals surface area contributed by atoms with Crippen molar-refractivity contribution in [1.82, 2.24) is 10.0 Å². The average molecular weight is 337 g/mol. The zero-order valence-electron chi connectivity index (χ0n) is 12.2. The van der Waals surface area contributed by atoms with Crippen LogP contribution in [0.1, 0.15) is 19.4 Å². The molecule has 2 N–H and O–H groups in total. The minimum atomic E-state index is -3.60. The van der Waals surface area contributed by atoms with Crippen LogP contribution in [0.2, 0.25) is 5.02 Å². The highest BCUT2D eigenvalue weighted by molar-refractivity contribution is 8.00. The van der Waals surface area contributed by atoms with E-state index in [1.165, 1.54) is 0 Å². The molecule has 0 unspecified atom stereocenters. The predicted octanol–water partition coefficient (Wildman–Crippen LogP) is 2.48. The van der Waals surface area contributed by atoms with Crippen molar-refractivity contribution in [2.75, 3.05) is 19.8 Å². The van der Waals surface area contributed by atoms with Gasteiger partial charge >= 0.3 is 0 Å². The Hall–Kier alpha value is -0.270. The number of hydrogen-bond donors (Lipinski definition) is 2. The SMILES string of the molecule is CNCc1ccc(Cl)c(S(=O)(=O)NCC(C)(C)SC)c1. The topological polar surface area (TPSA) is 58.2 Å². The van der Waals surface area contributed by atoms with Crippen LogP contribution in [-0.2, 0) is 16.6 Å². The first kappa shape index (κ1) is 17.8. The van der Waals surface area contributed by atoms with E-state index in [1.54, 1.807) is 23.9 Å². The molecular formula is C13H21ClN2O2S2. The summed E-state index contributed by atoms with van der Waals surface area (Å²) in [4.78, 5) is 0.129. The van der Waals surface area contributed by atoms with Crippen LogP contribution in [-0.4, -0.2) is 33.0 Å². The van der Waals surface area contributed by atoms with E-state index in [0.717, 1.165) is 5.56 Å². The largest absolute Gasteiger partial charge is 0.316 e. The van der Waals surface area contributed by atoms with Crippen molar-refractivity contribution in [3.05, 3.63) is 28.8 Å². The van der Waals surface area contributed by atoms with Crippen molar-refractivity contribution in [3.63, 3.8) is 0 Å². The lowest BCUT2D eigenvalue weighted by atomic mass is 10.2. The van der Waals surface area contributed by atoms with Gasteiger partial charge in [-0.1, -0.05) is 17.7 Å². The van der Waals surface area contributed by atoms with Crippen LogP contribution < -0.4 is 10.0 Å². The van der Waals surface area contributed by atoms with Crippen LogP contribution in [0, 0.1) is 0 Å². The lowest BCUT2D eigenvalue weighted by Gasteiger charge is -2.22. The fourth-order valence-electron chi connectivity index (χ4n) is 1.49. The fourth-order valence-corrected chi connectivity index (χ4v) is 3.55. The highest BCUT2D eigenvalue weighted by Crippen LogP contribution is 2.24. The van der Waals surface area contributed by atoms with E-state index in [-0.39, 0.29) is 14.7 Å². The highest BCUT2D eigenvalue weighted by Gasteiger charge is 2.23. The molecule has 0 amide bonds. The Kier molecular flexibility index (Phi) is 6.34. The van der Waals surface area contributed by atoms with Crippen LogP contribution in [0.25, 0.3) is 0 Å². The molecule has 7 heteroatoms. The first-order chi connectivity index (χ1) is 9.22.